The Morgan fingerprint density at radius 1 is 1.25 bits per heavy atom. The fourth-order valence-corrected chi connectivity index (χ4v) is 6.03. The van der Waals surface area contributed by atoms with Gasteiger partial charge in [-0.05, 0) is 71.9 Å². The van der Waals surface area contributed by atoms with Gasteiger partial charge in [0.1, 0.15) is 11.8 Å². The van der Waals surface area contributed by atoms with Crippen molar-refractivity contribution in [1.29, 1.82) is 0 Å². The maximum absolute atomic E-state index is 13.1. The summed E-state index contributed by atoms with van der Waals surface area (Å²) in [5.41, 5.74) is 18.1. The first kappa shape index (κ1) is 23.1. The standard InChI is InChI=1S/C27H31N7OS/c1-2-18-11-19(22-4-3-9-36-22)12-21(33-8-7-27(29,14-33)23(35)10-17-5-6-17)20(18)13-34-16-32-24-25(28)30-15-31-26(24)34/h3-4,9,11-12,15-17H,2,5-8,10,13-14,29H2,1H3,(H2,28,30,31)/t27-/m1/s1. The van der Waals surface area contributed by atoms with E-state index in [1.54, 1.807) is 17.7 Å². The Bertz CT molecular complexity index is 1430. The summed E-state index contributed by atoms with van der Waals surface area (Å²) in [6.45, 7) is 4.09. The number of aryl methyl sites for hydroxylation is 1. The zero-order valence-electron chi connectivity index (χ0n) is 20.5. The van der Waals surface area contributed by atoms with Crippen molar-refractivity contribution in [1.82, 2.24) is 19.5 Å². The molecule has 1 saturated carbocycles. The summed E-state index contributed by atoms with van der Waals surface area (Å²) < 4.78 is 2.03. The van der Waals surface area contributed by atoms with Gasteiger partial charge in [-0.1, -0.05) is 13.0 Å². The molecule has 0 radical (unpaired) electrons. The molecule has 2 fully saturated rings. The van der Waals surface area contributed by atoms with E-state index in [9.17, 15) is 4.79 Å². The number of imidazole rings is 1. The van der Waals surface area contributed by atoms with Crippen LogP contribution in [0.1, 0.15) is 43.7 Å². The first-order valence-corrected chi connectivity index (χ1v) is 13.5. The largest absolute Gasteiger partial charge is 0.382 e. The minimum atomic E-state index is -0.783. The van der Waals surface area contributed by atoms with Gasteiger partial charge in [0.25, 0.3) is 0 Å². The lowest BCUT2D eigenvalue weighted by Crippen LogP contribution is -2.50. The number of nitrogen functional groups attached to an aromatic ring is 1. The van der Waals surface area contributed by atoms with Crippen LogP contribution < -0.4 is 16.4 Å². The number of thiophene rings is 1. The van der Waals surface area contributed by atoms with Gasteiger partial charge in [-0.2, -0.15) is 0 Å². The second-order valence-corrected chi connectivity index (χ2v) is 11.1. The van der Waals surface area contributed by atoms with Gasteiger partial charge >= 0.3 is 0 Å². The number of rotatable bonds is 8. The highest BCUT2D eigenvalue weighted by atomic mass is 32.1. The Morgan fingerprint density at radius 2 is 2.11 bits per heavy atom. The van der Waals surface area contributed by atoms with Gasteiger partial charge in [0, 0.05) is 30.1 Å². The molecule has 4 aromatic rings. The number of nitrogens with two attached hydrogens (primary N) is 2. The third-order valence-electron chi connectivity index (χ3n) is 7.63. The van der Waals surface area contributed by atoms with Crippen LogP contribution in [0.4, 0.5) is 11.5 Å². The number of carbonyl (C=O) groups is 1. The summed E-state index contributed by atoms with van der Waals surface area (Å²) in [7, 11) is 0. The van der Waals surface area contributed by atoms with Crippen LogP contribution in [-0.4, -0.2) is 43.9 Å². The van der Waals surface area contributed by atoms with Crippen LogP contribution in [0, 0.1) is 5.92 Å². The molecule has 1 aromatic carbocycles. The molecule has 6 rings (SSSR count). The van der Waals surface area contributed by atoms with Crippen molar-refractivity contribution in [2.24, 2.45) is 11.7 Å². The van der Waals surface area contributed by atoms with Gasteiger partial charge in [0.15, 0.2) is 17.2 Å². The second kappa shape index (κ2) is 8.97. The molecule has 8 nitrogen and oxygen atoms in total. The Labute approximate surface area is 214 Å². The Kier molecular flexibility index (Phi) is 5.76. The highest BCUT2D eigenvalue weighted by Crippen LogP contribution is 2.39. The third kappa shape index (κ3) is 4.16. The minimum absolute atomic E-state index is 0.215. The molecule has 4 N–H and O–H groups in total. The molecule has 2 aliphatic rings. The molecule has 9 heteroatoms. The third-order valence-corrected chi connectivity index (χ3v) is 8.55. The van der Waals surface area contributed by atoms with E-state index in [1.807, 2.05) is 4.57 Å². The zero-order chi connectivity index (χ0) is 24.9. The first-order valence-electron chi connectivity index (χ1n) is 12.6. The van der Waals surface area contributed by atoms with Crippen LogP contribution in [0.5, 0.6) is 0 Å². The monoisotopic (exact) mass is 501 g/mol. The molecular weight excluding hydrogens is 470 g/mol. The maximum Gasteiger partial charge on any atom is 0.165 e. The summed E-state index contributed by atoms with van der Waals surface area (Å²) in [6.07, 6.45) is 7.76. The number of hydrogen-bond donors (Lipinski definition) is 2. The molecule has 0 bridgehead atoms. The van der Waals surface area contributed by atoms with Gasteiger partial charge in [-0.3, -0.25) is 4.79 Å². The van der Waals surface area contributed by atoms with E-state index in [4.69, 9.17) is 11.5 Å². The van der Waals surface area contributed by atoms with Crippen molar-refractivity contribution in [3.8, 4) is 10.4 Å². The minimum Gasteiger partial charge on any atom is -0.382 e. The fourth-order valence-electron chi connectivity index (χ4n) is 5.32. The summed E-state index contributed by atoms with van der Waals surface area (Å²) >= 11 is 1.74. The summed E-state index contributed by atoms with van der Waals surface area (Å²) in [6, 6.07) is 8.79. The quantitative estimate of drug-likeness (QED) is 0.374. The molecule has 0 spiro atoms. The molecule has 0 amide bonds. The van der Waals surface area contributed by atoms with Crippen LogP contribution in [0.25, 0.3) is 21.6 Å². The molecule has 1 saturated heterocycles. The normalized spacial score (nSPS) is 19.9. The molecule has 186 valence electrons. The van der Waals surface area contributed by atoms with Gasteiger partial charge in [-0.25, -0.2) is 15.0 Å². The molecule has 1 aliphatic carbocycles. The molecule has 1 aliphatic heterocycles. The second-order valence-electron chi connectivity index (χ2n) is 10.2. The summed E-state index contributed by atoms with van der Waals surface area (Å²) in [5.74, 6) is 1.14. The maximum atomic E-state index is 13.1. The topological polar surface area (TPSA) is 116 Å². The van der Waals surface area contributed by atoms with Crippen LogP contribution in [-0.2, 0) is 17.8 Å². The predicted octanol–water partition coefficient (Wildman–Crippen LogP) is 4.02. The van der Waals surface area contributed by atoms with Crippen LogP contribution in [0.3, 0.4) is 0 Å². The van der Waals surface area contributed by atoms with Crippen LogP contribution in [0.15, 0.2) is 42.3 Å². The van der Waals surface area contributed by atoms with E-state index in [-0.39, 0.29) is 5.78 Å². The average molecular weight is 502 g/mol. The number of fused-ring (bicyclic) bond motifs is 1. The number of nitrogens with zero attached hydrogens (tertiary/aromatic N) is 5. The lowest BCUT2D eigenvalue weighted by Gasteiger charge is -2.28. The van der Waals surface area contributed by atoms with E-state index in [0.29, 0.717) is 48.8 Å². The molecule has 36 heavy (non-hydrogen) atoms. The van der Waals surface area contributed by atoms with Gasteiger partial charge in [0.05, 0.1) is 18.4 Å². The number of carbonyl (C=O) groups excluding carboxylic acids is 1. The van der Waals surface area contributed by atoms with Gasteiger partial charge in [-0.15, -0.1) is 11.3 Å². The molecule has 1 atom stereocenters. The Morgan fingerprint density at radius 3 is 2.86 bits per heavy atom. The molecule has 0 unspecified atom stereocenters. The average Bonchev–Trinajstić information content (AvgIpc) is 3.26. The van der Waals surface area contributed by atoms with Crippen molar-refractivity contribution in [2.75, 3.05) is 23.7 Å². The highest BCUT2D eigenvalue weighted by Gasteiger charge is 2.43. The van der Waals surface area contributed by atoms with Crippen molar-refractivity contribution in [2.45, 2.75) is 51.1 Å². The predicted molar refractivity (Wildman–Crippen MR) is 144 cm³/mol. The van der Waals surface area contributed by atoms with Crippen molar-refractivity contribution in [3.63, 3.8) is 0 Å². The lowest BCUT2D eigenvalue weighted by molar-refractivity contribution is -0.123. The highest BCUT2D eigenvalue weighted by molar-refractivity contribution is 7.13. The van der Waals surface area contributed by atoms with Gasteiger partial charge in [0.2, 0.25) is 0 Å². The Hall–Kier alpha value is -3.30. The first-order chi connectivity index (χ1) is 17.4. The molecule has 4 heterocycles. The van der Waals surface area contributed by atoms with E-state index < -0.39 is 5.54 Å². The van der Waals surface area contributed by atoms with Crippen LogP contribution >= 0.6 is 11.3 Å². The number of Topliss-reactive ketones (excluding diaryl/α,β-unsaturated/α-hetero) is 1. The molecule has 3 aromatic heterocycles. The SMILES string of the molecule is CCc1cc(-c2cccs2)cc(N2CC[C@](N)(C(=O)CC3CC3)C2)c1Cn1cnc2c(N)ncnc21. The lowest BCUT2D eigenvalue weighted by atomic mass is 9.91. The van der Waals surface area contributed by atoms with E-state index in [1.165, 1.54) is 27.9 Å². The zero-order valence-corrected chi connectivity index (χ0v) is 21.3. The van der Waals surface area contributed by atoms with Crippen molar-refractivity contribution in [3.05, 3.63) is 53.4 Å². The van der Waals surface area contributed by atoms with Crippen molar-refractivity contribution >= 4 is 39.8 Å². The number of aromatic nitrogens is 4. The number of ketones is 1. The van der Waals surface area contributed by atoms with Crippen molar-refractivity contribution < 1.29 is 4.79 Å². The van der Waals surface area contributed by atoms with E-state index in [2.05, 4.69) is 56.4 Å². The van der Waals surface area contributed by atoms with Gasteiger partial charge < -0.3 is 20.9 Å². The Balaban J connectivity index is 1.41. The summed E-state index contributed by atoms with van der Waals surface area (Å²) in [4.78, 5) is 29.7. The van der Waals surface area contributed by atoms with E-state index >= 15 is 0 Å². The van der Waals surface area contributed by atoms with E-state index in [0.717, 1.165) is 31.5 Å². The fraction of sp³-hybridized carbons (Fsp3) is 0.407. The number of hydrogen-bond acceptors (Lipinski definition) is 8. The number of anilines is 2. The van der Waals surface area contributed by atoms with Crippen LogP contribution in [0.2, 0.25) is 0 Å². The molecular formula is C27H31N7OS. The smallest absolute Gasteiger partial charge is 0.165 e. The summed E-state index contributed by atoms with van der Waals surface area (Å²) in [5, 5.41) is 2.10. The number of benzene rings is 1.